The number of nitrogens with zero attached hydrogens (tertiary/aromatic N) is 1. The lowest BCUT2D eigenvalue weighted by Crippen LogP contribution is -2.25. The second kappa shape index (κ2) is 12.2. The van der Waals surface area contributed by atoms with Crippen LogP contribution in [0.5, 0.6) is 0 Å². The van der Waals surface area contributed by atoms with Crippen LogP contribution in [0, 0.1) is 11.8 Å². The van der Waals surface area contributed by atoms with Gasteiger partial charge in [-0.1, -0.05) is 66.2 Å². The van der Waals surface area contributed by atoms with Gasteiger partial charge in [0.25, 0.3) is 0 Å². The van der Waals surface area contributed by atoms with Gasteiger partial charge in [-0.2, -0.15) is 0 Å². The number of nitrogen functional groups attached to an aromatic ring is 1. The molecule has 0 saturated heterocycles. The van der Waals surface area contributed by atoms with Crippen molar-refractivity contribution in [1.82, 2.24) is 0 Å². The average Bonchev–Trinajstić information content (AvgIpc) is 2.52. The van der Waals surface area contributed by atoms with Crippen molar-refractivity contribution >= 4 is 11.4 Å². The monoisotopic (exact) mass is 332 g/mol. The summed E-state index contributed by atoms with van der Waals surface area (Å²) in [6.07, 6.45) is 10.7. The number of anilines is 2. The van der Waals surface area contributed by atoms with Gasteiger partial charge in [-0.25, -0.2) is 0 Å². The summed E-state index contributed by atoms with van der Waals surface area (Å²) < 4.78 is 0. The van der Waals surface area contributed by atoms with E-state index in [4.69, 9.17) is 5.73 Å². The van der Waals surface area contributed by atoms with Gasteiger partial charge in [0.05, 0.1) is 0 Å². The standard InChI is InChI=1S/C22H40N2/c1-19(2)11-7-5-9-17-24(18-10-6-8-12-20(3)4)22-15-13-21(23)14-16-22/h13-16,19-20H,5-12,17-18,23H2,1-4H3. The number of unbranched alkanes of at least 4 members (excludes halogenated alkanes) is 4. The first-order valence-corrected chi connectivity index (χ1v) is 10.1. The molecule has 0 radical (unpaired) electrons. The van der Waals surface area contributed by atoms with Crippen molar-refractivity contribution < 1.29 is 0 Å². The SMILES string of the molecule is CC(C)CCCCCN(CCCCCC(C)C)c1ccc(N)cc1. The van der Waals surface area contributed by atoms with E-state index in [2.05, 4.69) is 44.7 Å². The molecule has 0 aliphatic heterocycles. The van der Waals surface area contributed by atoms with Gasteiger partial charge in [0.2, 0.25) is 0 Å². The smallest absolute Gasteiger partial charge is 0.0367 e. The van der Waals surface area contributed by atoms with Gasteiger partial charge in [0.1, 0.15) is 0 Å². The Bertz CT molecular complexity index is 390. The van der Waals surface area contributed by atoms with E-state index < -0.39 is 0 Å². The Morgan fingerprint density at radius 1 is 0.708 bits per heavy atom. The molecular weight excluding hydrogens is 292 g/mol. The highest BCUT2D eigenvalue weighted by atomic mass is 15.1. The Morgan fingerprint density at radius 3 is 1.58 bits per heavy atom. The molecule has 0 aromatic heterocycles. The van der Waals surface area contributed by atoms with Crippen LogP contribution in [0.1, 0.15) is 79.1 Å². The Kier molecular flexibility index (Phi) is 10.6. The van der Waals surface area contributed by atoms with E-state index in [0.717, 1.165) is 17.5 Å². The molecule has 0 saturated carbocycles. The molecule has 2 nitrogen and oxygen atoms in total. The van der Waals surface area contributed by atoms with E-state index in [1.165, 1.54) is 70.1 Å². The molecule has 0 heterocycles. The van der Waals surface area contributed by atoms with Gasteiger partial charge in [-0.3, -0.25) is 0 Å². The molecule has 1 rings (SSSR count). The topological polar surface area (TPSA) is 29.3 Å². The number of nitrogens with two attached hydrogens (primary N) is 1. The molecule has 1 aromatic carbocycles. The molecule has 2 N–H and O–H groups in total. The van der Waals surface area contributed by atoms with Crippen LogP contribution in [0.4, 0.5) is 11.4 Å². The molecule has 0 bridgehead atoms. The fraction of sp³-hybridized carbons (Fsp3) is 0.727. The Balaban J connectivity index is 2.39. The van der Waals surface area contributed by atoms with Crippen LogP contribution in [-0.4, -0.2) is 13.1 Å². The zero-order valence-electron chi connectivity index (χ0n) is 16.6. The molecule has 0 fully saturated rings. The molecule has 0 aliphatic carbocycles. The van der Waals surface area contributed by atoms with Crippen LogP contribution in [0.3, 0.4) is 0 Å². The summed E-state index contributed by atoms with van der Waals surface area (Å²) >= 11 is 0. The third kappa shape index (κ3) is 9.85. The van der Waals surface area contributed by atoms with Crippen LogP contribution in [-0.2, 0) is 0 Å². The Labute approximate surface area is 150 Å². The van der Waals surface area contributed by atoms with E-state index in [-0.39, 0.29) is 0 Å². The van der Waals surface area contributed by atoms with Gasteiger partial charge in [-0.15, -0.1) is 0 Å². The second-order valence-corrected chi connectivity index (χ2v) is 8.06. The second-order valence-electron chi connectivity index (χ2n) is 8.06. The maximum absolute atomic E-state index is 5.84. The van der Waals surface area contributed by atoms with E-state index in [1.54, 1.807) is 0 Å². The van der Waals surface area contributed by atoms with Crippen molar-refractivity contribution in [3.8, 4) is 0 Å². The predicted molar refractivity (Wildman–Crippen MR) is 110 cm³/mol. The lowest BCUT2D eigenvalue weighted by molar-refractivity contribution is 0.514. The maximum atomic E-state index is 5.84. The minimum Gasteiger partial charge on any atom is -0.399 e. The third-order valence-corrected chi connectivity index (χ3v) is 4.68. The summed E-state index contributed by atoms with van der Waals surface area (Å²) in [5, 5.41) is 0. The first-order valence-electron chi connectivity index (χ1n) is 10.1. The molecule has 1 aromatic rings. The van der Waals surface area contributed by atoms with Crippen molar-refractivity contribution in [1.29, 1.82) is 0 Å². The third-order valence-electron chi connectivity index (χ3n) is 4.68. The minimum absolute atomic E-state index is 0.833. The molecule has 2 heteroatoms. The summed E-state index contributed by atoms with van der Waals surface area (Å²) in [6.45, 7) is 11.6. The minimum atomic E-state index is 0.833. The molecule has 0 atom stereocenters. The quantitative estimate of drug-likeness (QED) is 0.329. The molecule has 0 amide bonds. The van der Waals surface area contributed by atoms with Gasteiger partial charge in [0, 0.05) is 24.5 Å². The molecule has 0 spiro atoms. The number of hydrogen-bond acceptors (Lipinski definition) is 2. The molecule has 138 valence electrons. The van der Waals surface area contributed by atoms with E-state index in [0.29, 0.717) is 0 Å². The zero-order valence-corrected chi connectivity index (χ0v) is 16.6. The van der Waals surface area contributed by atoms with Crippen molar-refractivity contribution in [2.24, 2.45) is 11.8 Å². The van der Waals surface area contributed by atoms with Gasteiger partial charge in [-0.05, 0) is 48.9 Å². The average molecular weight is 333 g/mol. The Hall–Kier alpha value is -1.18. The van der Waals surface area contributed by atoms with E-state index in [9.17, 15) is 0 Å². The summed E-state index contributed by atoms with van der Waals surface area (Å²) in [5.74, 6) is 1.67. The first kappa shape index (κ1) is 20.9. The van der Waals surface area contributed by atoms with Crippen LogP contribution in [0.15, 0.2) is 24.3 Å². The highest BCUT2D eigenvalue weighted by molar-refractivity contribution is 5.53. The number of rotatable bonds is 13. The fourth-order valence-electron chi connectivity index (χ4n) is 3.12. The van der Waals surface area contributed by atoms with Gasteiger partial charge < -0.3 is 10.6 Å². The van der Waals surface area contributed by atoms with Gasteiger partial charge in [0.15, 0.2) is 0 Å². The lowest BCUT2D eigenvalue weighted by Gasteiger charge is -2.25. The molecular formula is C22H40N2. The molecule has 0 aliphatic rings. The lowest BCUT2D eigenvalue weighted by atomic mass is 10.0. The summed E-state index contributed by atoms with van der Waals surface area (Å²) in [6, 6.07) is 8.41. The maximum Gasteiger partial charge on any atom is 0.0367 e. The van der Waals surface area contributed by atoms with Crippen LogP contribution in [0.2, 0.25) is 0 Å². The number of benzene rings is 1. The van der Waals surface area contributed by atoms with Gasteiger partial charge >= 0.3 is 0 Å². The van der Waals surface area contributed by atoms with Crippen LogP contribution < -0.4 is 10.6 Å². The van der Waals surface area contributed by atoms with Crippen molar-refractivity contribution in [3.63, 3.8) is 0 Å². The first-order chi connectivity index (χ1) is 11.5. The van der Waals surface area contributed by atoms with Crippen molar-refractivity contribution in [2.45, 2.75) is 79.1 Å². The van der Waals surface area contributed by atoms with E-state index in [1.807, 2.05) is 12.1 Å². The van der Waals surface area contributed by atoms with Crippen molar-refractivity contribution in [2.75, 3.05) is 23.7 Å². The highest BCUT2D eigenvalue weighted by Gasteiger charge is 2.07. The Morgan fingerprint density at radius 2 is 1.17 bits per heavy atom. The largest absolute Gasteiger partial charge is 0.399 e. The normalized spacial score (nSPS) is 11.4. The molecule has 0 unspecified atom stereocenters. The number of hydrogen-bond donors (Lipinski definition) is 1. The van der Waals surface area contributed by atoms with Crippen LogP contribution in [0.25, 0.3) is 0 Å². The molecule has 24 heavy (non-hydrogen) atoms. The highest BCUT2D eigenvalue weighted by Crippen LogP contribution is 2.19. The van der Waals surface area contributed by atoms with E-state index >= 15 is 0 Å². The summed E-state index contributed by atoms with van der Waals surface area (Å²) in [4.78, 5) is 2.56. The fourth-order valence-corrected chi connectivity index (χ4v) is 3.12. The summed E-state index contributed by atoms with van der Waals surface area (Å²) in [7, 11) is 0. The predicted octanol–water partition coefficient (Wildman–Crippen LogP) is 6.51. The van der Waals surface area contributed by atoms with Crippen LogP contribution >= 0.6 is 0 Å². The zero-order chi connectivity index (χ0) is 17.8. The van der Waals surface area contributed by atoms with Crippen molar-refractivity contribution in [3.05, 3.63) is 24.3 Å². The summed E-state index contributed by atoms with van der Waals surface area (Å²) in [5.41, 5.74) is 8.03.